The lowest BCUT2D eigenvalue weighted by atomic mass is 9.79. The van der Waals surface area contributed by atoms with E-state index >= 15 is 0 Å². The molecule has 4 heteroatoms. The van der Waals surface area contributed by atoms with Gasteiger partial charge in [0.1, 0.15) is 0 Å². The maximum Gasteiger partial charge on any atom is 0.0505 e. The summed E-state index contributed by atoms with van der Waals surface area (Å²) in [6.07, 6.45) is 2.54. The molecule has 0 radical (unpaired) electrons. The zero-order valence-electron chi connectivity index (χ0n) is 16.0. The Morgan fingerprint density at radius 2 is 1.39 bits per heavy atom. The number of methoxy groups -OCH3 is 1. The first-order chi connectivity index (χ1) is 11.0. The number of aliphatic hydroxyl groups is 1. The fourth-order valence-corrected chi connectivity index (χ4v) is 4.24. The minimum atomic E-state index is 0.343. The summed E-state index contributed by atoms with van der Waals surface area (Å²) in [5.74, 6) is 4.31. The summed E-state index contributed by atoms with van der Waals surface area (Å²) in [7, 11) is 1.80. The summed E-state index contributed by atoms with van der Waals surface area (Å²) in [5, 5.41) is 15.8. The van der Waals surface area contributed by atoms with Gasteiger partial charge in [-0.2, -0.15) is 0 Å². The molecule has 0 bridgehead atoms. The summed E-state index contributed by atoms with van der Waals surface area (Å²) in [4.78, 5) is 0. The van der Waals surface area contributed by atoms with Crippen LogP contribution in [0.3, 0.4) is 0 Å². The van der Waals surface area contributed by atoms with E-state index in [1.165, 1.54) is 19.4 Å². The monoisotopic (exact) mass is 328 g/mol. The smallest absolute Gasteiger partial charge is 0.0505 e. The van der Waals surface area contributed by atoms with Crippen molar-refractivity contribution in [3.05, 3.63) is 0 Å². The summed E-state index contributed by atoms with van der Waals surface area (Å²) in [6.45, 7) is 14.8. The van der Waals surface area contributed by atoms with Crippen LogP contribution in [0.2, 0.25) is 0 Å². The Bertz CT molecular complexity index is 295. The van der Waals surface area contributed by atoms with Gasteiger partial charge < -0.3 is 20.5 Å². The maximum atomic E-state index is 9.07. The summed E-state index contributed by atoms with van der Waals surface area (Å²) >= 11 is 0. The predicted octanol–water partition coefficient (Wildman–Crippen LogP) is 2.37. The van der Waals surface area contributed by atoms with Gasteiger partial charge in [-0.05, 0) is 61.4 Å². The van der Waals surface area contributed by atoms with Gasteiger partial charge in [0.05, 0.1) is 6.61 Å². The van der Waals surface area contributed by atoms with Crippen LogP contribution in [0, 0.1) is 35.5 Å². The third kappa shape index (κ3) is 7.08. The molecular formula is C19H40N2O2. The van der Waals surface area contributed by atoms with Crippen LogP contribution in [0.1, 0.15) is 40.5 Å². The Hall–Kier alpha value is -0.160. The summed E-state index contributed by atoms with van der Waals surface area (Å²) < 4.78 is 5.22. The lowest BCUT2D eigenvalue weighted by Gasteiger charge is -2.34. The molecule has 2 aliphatic heterocycles. The quantitative estimate of drug-likeness (QED) is 0.725. The van der Waals surface area contributed by atoms with Crippen LogP contribution in [0.4, 0.5) is 0 Å². The molecule has 3 N–H and O–H groups in total. The maximum absolute atomic E-state index is 9.07. The van der Waals surface area contributed by atoms with Crippen LogP contribution in [-0.4, -0.2) is 51.6 Å². The van der Waals surface area contributed by atoms with Crippen LogP contribution < -0.4 is 10.6 Å². The van der Waals surface area contributed by atoms with E-state index in [4.69, 9.17) is 9.84 Å². The Kier molecular flexibility index (Phi) is 10.4. The number of rotatable bonds is 5. The Labute approximate surface area is 143 Å². The highest BCUT2D eigenvalue weighted by molar-refractivity contribution is 4.80. The number of hydrogen-bond donors (Lipinski definition) is 3. The Balaban J connectivity index is 0.000000231. The number of ether oxygens (including phenoxy) is 1. The van der Waals surface area contributed by atoms with Gasteiger partial charge in [-0.3, -0.25) is 0 Å². The zero-order valence-corrected chi connectivity index (χ0v) is 16.0. The van der Waals surface area contributed by atoms with E-state index in [1.807, 2.05) is 0 Å². The largest absolute Gasteiger partial charge is 0.396 e. The standard InChI is InChI=1S/C10H21NO.C9H19NO/c1-8(2)10-4-5-11-6-9(10)7-12-3;1-7(2)9-3-4-10-5-8(9)6-11/h8-11H,4-7H2,1-3H3;7-11H,3-6H2,1-2H3. The van der Waals surface area contributed by atoms with Gasteiger partial charge in [0.15, 0.2) is 0 Å². The molecule has 4 unspecified atom stereocenters. The fourth-order valence-electron chi connectivity index (χ4n) is 4.24. The van der Waals surface area contributed by atoms with Crippen LogP contribution in [0.25, 0.3) is 0 Å². The first kappa shape index (κ1) is 20.9. The average Bonchev–Trinajstić information content (AvgIpc) is 2.56. The fraction of sp³-hybridized carbons (Fsp3) is 1.00. The topological polar surface area (TPSA) is 53.5 Å². The minimum absolute atomic E-state index is 0.343. The predicted molar refractivity (Wildman–Crippen MR) is 97.6 cm³/mol. The first-order valence-corrected chi connectivity index (χ1v) is 9.52. The average molecular weight is 329 g/mol. The van der Waals surface area contributed by atoms with Gasteiger partial charge in [0.2, 0.25) is 0 Å². The van der Waals surface area contributed by atoms with Crippen LogP contribution >= 0.6 is 0 Å². The SMILES string of the molecule is CC(C)C1CCNCC1CO.COCC1CNCCC1C(C)C. The molecular weight excluding hydrogens is 288 g/mol. The van der Waals surface area contributed by atoms with E-state index < -0.39 is 0 Å². The molecule has 138 valence electrons. The van der Waals surface area contributed by atoms with E-state index in [2.05, 4.69) is 38.3 Å². The van der Waals surface area contributed by atoms with Crippen molar-refractivity contribution in [1.82, 2.24) is 10.6 Å². The molecule has 2 heterocycles. The van der Waals surface area contributed by atoms with Crippen LogP contribution in [-0.2, 0) is 4.74 Å². The molecule has 2 saturated heterocycles. The van der Waals surface area contributed by atoms with Crippen molar-refractivity contribution >= 4 is 0 Å². The van der Waals surface area contributed by atoms with Gasteiger partial charge in [-0.25, -0.2) is 0 Å². The molecule has 0 spiro atoms. The zero-order chi connectivity index (χ0) is 17.2. The van der Waals surface area contributed by atoms with Gasteiger partial charge >= 0.3 is 0 Å². The molecule has 2 rings (SSSR count). The highest BCUT2D eigenvalue weighted by Gasteiger charge is 2.27. The van der Waals surface area contributed by atoms with E-state index in [0.29, 0.717) is 18.4 Å². The molecule has 4 atom stereocenters. The van der Waals surface area contributed by atoms with Gasteiger partial charge in [-0.1, -0.05) is 27.7 Å². The highest BCUT2D eigenvalue weighted by atomic mass is 16.5. The number of nitrogens with one attached hydrogen (secondary N) is 2. The number of hydrogen-bond acceptors (Lipinski definition) is 4. The van der Waals surface area contributed by atoms with Crippen molar-refractivity contribution in [3.63, 3.8) is 0 Å². The Morgan fingerprint density at radius 1 is 0.913 bits per heavy atom. The third-order valence-electron chi connectivity index (χ3n) is 5.66. The van der Waals surface area contributed by atoms with Crippen molar-refractivity contribution < 1.29 is 9.84 Å². The lowest BCUT2D eigenvalue weighted by Crippen LogP contribution is -2.40. The second-order valence-electron chi connectivity index (χ2n) is 7.96. The highest BCUT2D eigenvalue weighted by Crippen LogP contribution is 2.27. The van der Waals surface area contributed by atoms with Gasteiger partial charge in [0.25, 0.3) is 0 Å². The first-order valence-electron chi connectivity index (χ1n) is 9.52. The lowest BCUT2D eigenvalue weighted by molar-refractivity contribution is 0.0830. The van der Waals surface area contributed by atoms with Crippen LogP contribution in [0.15, 0.2) is 0 Å². The van der Waals surface area contributed by atoms with Crippen molar-refractivity contribution in [3.8, 4) is 0 Å². The molecule has 4 nitrogen and oxygen atoms in total. The Morgan fingerprint density at radius 3 is 1.78 bits per heavy atom. The molecule has 2 aliphatic rings. The van der Waals surface area contributed by atoms with Gasteiger partial charge in [-0.15, -0.1) is 0 Å². The third-order valence-corrected chi connectivity index (χ3v) is 5.66. The van der Waals surface area contributed by atoms with E-state index in [-0.39, 0.29) is 0 Å². The van der Waals surface area contributed by atoms with Gasteiger partial charge in [0, 0.05) is 26.8 Å². The van der Waals surface area contributed by atoms with E-state index in [1.54, 1.807) is 7.11 Å². The minimum Gasteiger partial charge on any atom is -0.396 e. The van der Waals surface area contributed by atoms with E-state index in [9.17, 15) is 0 Å². The number of piperidine rings is 2. The van der Waals surface area contributed by atoms with Crippen molar-refractivity contribution in [2.75, 3.05) is 46.5 Å². The van der Waals surface area contributed by atoms with Crippen LogP contribution in [0.5, 0.6) is 0 Å². The summed E-state index contributed by atoms with van der Waals surface area (Å²) in [6, 6.07) is 0. The molecule has 2 fully saturated rings. The molecule has 0 saturated carbocycles. The van der Waals surface area contributed by atoms with E-state index in [0.717, 1.165) is 49.9 Å². The number of aliphatic hydroxyl groups excluding tert-OH is 1. The molecule has 0 aliphatic carbocycles. The molecule has 0 amide bonds. The van der Waals surface area contributed by atoms with Crippen molar-refractivity contribution in [2.24, 2.45) is 35.5 Å². The molecule has 0 aromatic rings. The van der Waals surface area contributed by atoms with Crippen molar-refractivity contribution in [2.45, 2.75) is 40.5 Å². The molecule has 0 aromatic heterocycles. The molecule has 0 aromatic carbocycles. The second-order valence-corrected chi connectivity index (χ2v) is 7.96. The molecule has 23 heavy (non-hydrogen) atoms. The normalized spacial score (nSPS) is 31.8. The summed E-state index contributed by atoms with van der Waals surface area (Å²) in [5.41, 5.74) is 0. The second kappa shape index (κ2) is 11.4. The van der Waals surface area contributed by atoms with Crippen molar-refractivity contribution in [1.29, 1.82) is 0 Å².